The van der Waals surface area contributed by atoms with Gasteiger partial charge in [-0.25, -0.2) is 0 Å². The molecule has 2 aromatic carbocycles. The summed E-state index contributed by atoms with van der Waals surface area (Å²) in [5.74, 6) is -1.59. The van der Waals surface area contributed by atoms with Crippen LogP contribution in [0.15, 0.2) is 79.1 Å². The molecule has 1 N–H and O–H groups in total. The number of aromatic nitrogens is 2. The first kappa shape index (κ1) is 22.8. The second kappa shape index (κ2) is 9.46. The molecule has 1 unspecified atom stereocenters. The maximum Gasteiger partial charge on any atom is 0.290 e. The predicted octanol–water partition coefficient (Wildman–Crippen LogP) is 3.36. The molecule has 6 rings (SSSR count). The zero-order valence-electron chi connectivity index (χ0n) is 20.1. The van der Waals surface area contributed by atoms with Gasteiger partial charge in [-0.3, -0.25) is 24.4 Å². The summed E-state index contributed by atoms with van der Waals surface area (Å²) in [4.78, 5) is 51.7. The third kappa shape index (κ3) is 4.10. The first-order chi connectivity index (χ1) is 18.1. The summed E-state index contributed by atoms with van der Waals surface area (Å²) < 4.78 is 0. The number of benzene rings is 2. The maximum atomic E-state index is 13.4. The highest BCUT2D eigenvalue weighted by molar-refractivity contribution is 6.38. The maximum absolute atomic E-state index is 13.4. The third-order valence-electron chi connectivity index (χ3n) is 7.13. The quantitative estimate of drug-likeness (QED) is 0.440. The van der Waals surface area contributed by atoms with E-state index in [0.29, 0.717) is 38.3 Å². The number of anilines is 1. The molecule has 37 heavy (non-hydrogen) atoms. The average molecular weight is 492 g/mol. The van der Waals surface area contributed by atoms with Crippen LogP contribution in [0, 0.1) is 0 Å². The van der Waals surface area contributed by atoms with E-state index in [1.165, 1.54) is 0 Å². The summed E-state index contributed by atoms with van der Waals surface area (Å²) in [6.07, 6.45) is 3.43. The molecule has 0 radical (unpaired) electrons. The number of amides is 2. The highest BCUT2D eigenvalue weighted by Gasteiger charge is 2.37. The van der Waals surface area contributed by atoms with Gasteiger partial charge in [0, 0.05) is 61.6 Å². The molecule has 184 valence electrons. The standard InChI is InChI=1S/C29H25N5O3/c35-27(29(37)34-16-14-33(15-17-34)28(36)20-6-2-1-3-7-20)23-18-32-25-21(23)11-13-31-26(25)22-10-4-8-19-9-5-12-30-24(19)22/h1-13,23,32H,14-18H2. The lowest BCUT2D eigenvalue weighted by Gasteiger charge is -2.34. The Morgan fingerprint density at radius 2 is 1.54 bits per heavy atom. The van der Waals surface area contributed by atoms with Gasteiger partial charge in [0.2, 0.25) is 5.78 Å². The van der Waals surface area contributed by atoms with Crippen molar-refractivity contribution in [1.82, 2.24) is 19.8 Å². The lowest BCUT2D eigenvalue weighted by molar-refractivity contribution is -0.146. The second-order valence-corrected chi connectivity index (χ2v) is 9.25. The highest BCUT2D eigenvalue weighted by atomic mass is 16.2. The van der Waals surface area contributed by atoms with Gasteiger partial charge in [-0.2, -0.15) is 0 Å². The van der Waals surface area contributed by atoms with Crippen molar-refractivity contribution >= 4 is 34.2 Å². The van der Waals surface area contributed by atoms with Crippen molar-refractivity contribution in [3.05, 3.63) is 90.3 Å². The van der Waals surface area contributed by atoms with Crippen molar-refractivity contribution in [2.45, 2.75) is 5.92 Å². The molecule has 2 aliphatic heterocycles. The molecule has 2 aliphatic rings. The number of nitrogens with one attached hydrogen (secondary N) is 1. The second-order valence-electron chi connectivity index (χ2n) is 9.25. The third-order valence-corrected chi connectivity index (χ3v) is 7.13. The van der Waals surface area contributed by atoms with Gasteiger partial charge in [-0.15, -0.1) is 0 Å². The zero-order valence-corrected chi connectivity index (χ0v) is 20.1. The van der Waals surface area contributed by atoms with Gasteiger partial charge >= 0.3 is 0 Å². The minimum absolute atomic E-state index is 0.0594. The van der Waals surface area contributed by atoms with E-state index in [1.807, 2.05) is 54.6 Å². The number of Topliss-reactive ketones (excluding diaryl/α,β-unsaturated/α-hetero) is 1. The fourth-order valence-corrected chi connectivity index (χ4v) is 5.18. The van der Waals surface area contributed by atoms with Crippen LogP contribution in [-0.4, -0.2) is 70.1 Å². The van der Waals surface area contributed by atoms with E-state index in [9.17, 15) is 14.4 Å². The van der Waals surface area contributed by atoms with E-state index in [4.69, 9.17) is 0 Å². The number of ketones is 1. The van der Waals surface area contributed by atoms with Crippen molar-refractivity contribution < 1.29 is 14.4 Å². The molecule has 2 aromatic heterocycles. The van der Waals surface area contributed by atoms with Crippen LogP contribution in [0.2, 0.25) is 0 Å². The molecule has 8 heteroatoms. The first-order valence-electron chi connectivity index (χ1n) is 12.4. The number of nitrogens with zero attached hydrogens (tertiary/aromatic N) is 4. The van der Waals surface area contributed by atoms with Crippen LogP contribution in [-0.2, 0) is 9.59 Å². The SMILES string of the molecule is O=C(C(=O)N1CCN(C(=O)c2ccccc2)CC1)C1CNc2c1ccnc2-c1cccc2cccnc12. The molecule has 1 fully saturated rings. The Labute approximate surface area is 213 Å². The molecule has 0 bridgehead atoms. The van der Waals surface area contributed by atoms with Gasteiger partial charge in [-0.05, 0) is 29.8 Å². The first-order valence-corrected chi connectivity index (χ1v) is 12.4. The summed E-state index contributed by atoms with van der Waals surface area (Å²) in [6, 6.07) is 20.7. The number of carbonyl (C=O) groups excluding carboxylic acids is 3. The molecule has 4 aromatic rings. The molecule has 1 saturated heterocycles. The molecule has 8 nitrogen and oxygen atoms in total. The number of carbonyl (C=O) groups is 3. The van der Waals surface area contributed by atoms with Crippen LogP contribution < -0.4 is 5.32 Å². The summed E-state index contributed by atoms with van der Waals surface area (Å²) in [7, 11) is 0. The van der Waals surface area contributed by atoms with Crippen molar-refractivity contribution in [3.8, 4) is 11.3 Å². The average Bonchev–Trinajstić information content (AvgIpc) is 3.41. The van der Waals surface area contributed by atoms with E-state index in [2.05, 4.69) is 15.3 Å². The Balaban J connectivity index is 1.19. The van der Waals surface area contributed by atoms with Gasteiger partial charge in [0.1, 0.15) is 0 Å². The Bertz CT molecular complexity index is 1510. The van der Waals surface area contributed by atoms with Crippen LogP contribution in [0.3, 0.4) is 0 Å². The molecule has 2 amide bonds. The fourth-order valence-electron chi connectivity index (χ4n) is 5.18. The van der Waals surface area contributed by atoms with Crippen LogP contribution >= 0.6 is 0 Å². The lowest BCUT2D eigenvalue weighted by atomic mass is 9.94. The number of rotatable bonds is 4. The molecule has 0 aliphatic carbocycles. The fraction of sp³-hybridized carbons (Fsp3) is 0.207. The van der Waals surface area contributed by atoms with E-state index in [0.717, 1.165) is 33.4 Å². The lowest BCUT2D eigenvalue weighted by Crippen LogP contribution is -2.52. The Morgan fingerprint density at radius 3 is 2.35 bits per heavy atom. The normalized spacial score (nSPS) is 16.8. The van der Waals surface area contributed by atoms with Gasteiger partial charge in [0.25, 0.3) is 11.8 Å². The molecule has 0 saturated carbocycles. The Kier molecular flexibility index (Phi) is 5.84. The van der Waals surface area contributed by atoms with Crippen LogP contribution in [0.1, 0.15) is 21.8 Å². The molecular weight excluding hydrogens is 466 g/mol. The largest absolute Gasteiger partial charge is 0.382 e. The smallest absolute Gasteiger partial charge is 0.290 e. The van der Waals surface area contributed by atoms with E-state index >= 15 is 0 Å². The van der Waals surface area contributed by atoms with Gasteiger partial charge < -0.3 is 15.1 Å². The molecule has 4 heterocycles. The van der Waals surface area contributed by atoms with Gasteiger partial charge in [0.15, 0.2) is 0 Å². The summed E-state index contributed by atoms with van der Waals surface area (Å²) in [5, 5.41) is 4.33. The minimum atomic E-state index is -0.587. The van der Waals surface area contributed by atoms with Crippen LogP contribution in [0.4, 0.5) is 5.69 Å². The van der Waals surface area contributed by atoms with Gasteiger partial charge in [-0.1, -0.05) is 42.5 Å². The van der Waals surface area contributed by atoms with Crippen molar-refractivity contribution in [1.29, 1.82) is 0 Å². The number of piperazine rings is 1. The highest BCUT2D eigenvalue weighted by Crippen LogP contribution is 2.40. The van der Waals surface area contributed by atoms with Crippen LogP contribution in [0.5, 0.6) is 0 Å². The number of hydrogen-bond donors (Lipinski definition) is 1. The number of fused-ring (bicyclic) bond motifs is 2. The Hall–Kier alpha value is -4.59. The van der Waals surface area contributed by atoms with Gasteiger partial charge in [0.05, 0.1) is 22.8 Å². The van der Waals surface area contributed by atoms with Crippen molar-refractivity contribution in [3.63, 3.8) is 0 Å². The van der Waals surface area contributed by atoms with Crippen molar-refractivity contribution in [2.24, 2.45) is 0 Å². The number of pyridine rings is 2. The number of para-hydroxylation sites is 1. The van der Waals surface area contributed by atoms with E-state index in [1.54, 1.807) is 34.3 Å². The molecule has 0 spiro atoms. The summed E-state index contributed by atoms with van der Waals surface area (Å²) >= 11 is 0. The topological polar surface area (TPSA) is 95.5 Å². The van der Waals surface area contributed by atoms with Crippen molar-refractivity contribution in [2.75, 3.05) is 38.0 Å². The zero-order chi connectivity index (χ0) is 25.4. The molecular formula is C29H25N5O3. The van der Waals surface area contributed by atoms with Crippen LogP contribution in [0.25, 0.3) is 22.2 Å². The Morgan fingerprint density at radius 1 is 0.784 bits per heavy atom. The minimum Gasteiger partial charge on any atom is -0.382 e. The summed E-state index contributed by atoms with van der Waals surface area (Å²) in [5.41, 5.74) is 4.59. The van der Waals surface area contributed by atoms with E-state index < -0.39 is 17.6 Å². The monoisotopic (exact) mass is 491 g/mol. The molecule has 1 atom stereocenters. The summed E-state index contributed by atoms with van der Waals surface area (Å²) in [6.45, 7) is 1.80. The number of hydrogen-bond acceptors (Lipinski definition) is 6. The van der Waals surface area contributed by atoms with E-state index in [-0.39, 0.29) is 5.91 Å². The predicted molar refractivity (Wildman–Crippen MR) is 140 cm³/mol.